The molecule has 0 N–H and O–H groups in total. The fraction of sp³-hybridized carbons (Fsp3) is 0.350. The molecule has 1 aromatic carbocycles. The Morgan fingerprint density at radius 3 is 2.67 bits per heavy atom. The Bertz CT molecular complexity index is 646. The van der Waals surface area contributed by atoms with Crippen molar-refractivity contribution < 1.29 is 9.53 Å². The first kappa shape index (κ1) is 16.9. The van der Waals surface area contributed by atoms with Crippen molar-refractivity contribution in [1.82, 2.24) is 4.90 Å². The van der Waals surface area contributed by atoms with Crippen molar-refractivity contribution in [3.63, 3.8) is 0 Å². The Morgan fingerprint density at radius 1 is 1.17 bits per heavy atom. The predicted octanol–water partition coefficient (Wildman–Crippen LogP) is 4.01. The van der Waals surface area contributed by atoms with Gasteiger partial charge in [-0.2, -0.15) is 0 Å². The van der Waals surface area contributed by atoms with Crippen molar-refractivity contribution in [2.75, 3.05) is 19.8 Å². The average molecular weight is 341 g/mol. The molecule has 0 saturated carbocycles. The highest BCUT2D eigenvalue weighted by Gasteiger charge is 2.24. The number of ether oxygens (including phenoxy) is 1. The van der Waals surface area contributed by atoms with Gasteiger partial charge >= 0.3 is 0 Å². The topological polar surface area (TPSA) is 29.5 Å². The molecule has 2 heterocycles. The molecule has 0 unspecified atom stereocenters. The van der Waals surface area contributed by atoms with Crippen LogP contribution in [0.4, 0.5) is 0 Å². The van der Waals surface area contributed by atoms with E-state index >= 15 is 0 Å². The molecular weight excluding hydrogens is 318 g/mol. The number of thiophene rings is 1. The highest BCUT2D eigenvalue weighted by molar-refractivity contribution is 7.09. The van der Waals surface area contributed by atoms with Crippen LogP contribution in [0.15, 0.2) is 53.9 Å². The number of hydrogen-bond donors (Lipinski definition) is 0. The predicted molar refractivity (Wildman–Crippen MR) is 99.1 cm³/mol. The number of carbonyl (C=O) groups is 1. The SMILES string of the molecule is O=C(/C=C/c1ccccc1)N(CCc1cccs1)C1CCOCC1. The summed E-state index contributed by atoms with van der Waals surface area (Å²) in [6.45, 7) is 2.26. The van der Waals surface area contributed by atoms with Gasteiger partial charge in [0.2, 0.25) is 5.91 Å². The third-order valence-corrected chi connectivity index (χ3v) is 5.25. The van der Waals surface area contributed by atoms with Crippen molar-refractivity contribution in [2.45, 2.75) is 25.3 Å². The smallest absolute Gasteiger partial charge is 0.246 e. The molecule has 1 aliphatic heterocycles. The van der Waals surface area contributed by atoms with E-state index in [1.54, 1.807) is 17.4 Å². The van der Waals surface area contributed by atoms with Crippen LogP contribution >= 0.6 is 11.3 Å². The van der Waals surface area contributed by atoms with Gasteiger partial charge in [-0.3, -0.25) is 4.79 Å². The van der Waals surface area contributed by atoms with E-state index in [2.05, 4.69) is 17.5 Å². The molecule has 0 spiro atoms. The molecule has 3 nitrogen and oxygen atoms in total. The molecule has 0 atom stereocenters. The second-order valence-electron chi connectivity index (χ2n) is 5.95. The van der Waals surface area contributed by atoms with Gasteiger partial charge in [-0.1, -0.05) is 36.4 Å². The maximum atomic E-state index is 12.8. The lowest BCUT2D eigenvalue weighted by Gasteiger charge is -2.33. The second-order valence-corrected chi connectivity index (χ2v) is 6.98. The van der Waals surface area contributed by atoms with Crippen LogP contribution in [0.25, 0.3) is 6.08 Å². The summed E-state index contributed by atoms with van der Waals surface area (Å²) in [6, 6.07) is 14.4. The molecule has 24 heavy (non-hydrogen) atoms. The third kappa shape index (κ3) is 4.79. The number of amides is 1. The van der Waals surface area contributed by atoms with Crippen LogP contribution < -0.4 is 0 Å². The van der Waals surface area contributed by atoms with Gasteiger partial charge in [0.25, 0.3) is 0 Å². The molecule has 0 radical (unpaired) electrons. The zero-order valence-corrected chi connectivity index (χ0v) is 14.6. The number of carbonyl (C=O) groups excluding carboxylic acids is 1. The van der Waals surface area contributed by atoms with Crippen LogP contribution in [0.1, 0.15) is 23.3 Å². The van der Waals surface area contributed by atoms with Crippen LogP contribution in [0, 0.1) is 0 Å². The first-order chi connectivity index (χ1) is 11.8. The number of rotatable bonds is 6. The van der Waals surface area contributed by atoms with Gasteiger partial charge in [-0.15, -0.1) is 11.3 Å². The summed E-state index contributed by atoms with van der Waals surface area (Å²) in [5.41, 5.74) is 1.05. The van der Waals surface area contributed by atoms with E-state index in [1.165, 1.54) is 4.88 Å². The van der Waals surface area contributed by atoms with Gasteiger partial charge < -0.3 is 9.64 Å². The van der Waals surface area contributed by atoms with Gasteiger partial charge in [0.1, 0.15) is 0 Å². The molecule has 1 saturated heterocycles. The van der Waals surface area contributed by atoms with E-state index < -0.39 is 0 Å². The largest absolute Gasteiger partial charge is 0.381 e. The number of hydrogen-bond acceptors (Lipinski definition) is 3. The molecule has 2 aromatic rings. The van der Waals surface area contributed by atoms with E-state index in [-0.39, 0.29) is 11.9 Å². The normalized spacial score (nSPS) is 15.7. The Labute approximate surface area is 147 Å². The summed E-state index contributed by atoms with van der Waals surface area (Å²) in [5.74, 6) is 0.0994. The van der Waals surface area contributed by atoms with Gasteiger partial charge in [-0.05, 0) is 42.3 Å². The minimum atomic E-state index is 0.0994. The minimum Gasteiger partial charge on any atom is -0.381 e. The first-order valence-corrected chi connectivity index (χ1v) is 9.35. The lowest BCUT2D eigenvalue weighted by atomic mass is 10.1. The zero-order chi connectivity index (χ0) is 16.6. The van der Waals surface area contributed by atoms with Crippen LogP contribution in [0.3, 0.4) is 0 Å². The summed E-state index contributed by atoms with van der Waals surface area (Å²) < 4.78 is 5.46. The molecule has 0 aliphatic carbocycles. The molecule has 1 aromatic heterocycles. The molecule has 1 amide bonds. The van der Waals surface area contributed by atoms with Gasteiger partial charge in [0.05, 0.1) is 0 Å². The maximum absolute atomic E-state index is 12.8. The van der Waals surface area contributed by atoms with Crippen LogP contribution in [0.2, 0.25) is 0 Å². The molecule has 4 heteroatoms. The van der Waals surface area contributed by atoms with Gasteiger partial charge in [0, 0.05) is 36.8 Å². The Morgan fingerprint density at radius 2 is 1.96 bits per heavy atom. The summed E-state index contributed by atoms with van der Waals surface area (Å²) in [6.07, 6.45) is 6.38. The van der Waals surface area contributed by atoms with Crippen LogP contribution in [-0.4, -0.2) is 36.6 Å². The van der Waals surface area contributed by atoms with Gasteiger partial charge in [-0.25, -0.2) is 0 Å². The van der Waals surface area contributed by atoms with E-state index in [4.69, 9.17) is 4.74 Å². The quantitative estimate of drug-likeness (QED) is 0.743. The van der Waals surface area contributed by atoms with E-state index in [0.29, 0.717) is 0 Å². The van der Waals surface area contributed by atoms with Crippen molar-refractivity contribution in [3.8, 4) is 0 Å². The lowest BCUT2D eigenvalue weighted by Crippen LogP contribution is -2.43. The standard InChI is InChI=1S/C20H23NO2S/c22-20(9-8-17-5-2-1-3-6-17)21(18-11-14-23-15-12-18)13-10-19-7-4-16-24-19/h1-9,16,18H,10-15H2/b9-8+. The monoisotopic (exact) mass is 341 g/mol. The molecule has 0 bridgehead atoms. The summed E-state index contributed by atoms with van der Waals surface area (Å²) in [5, 5.41) is 2.09. The minimum absolute atomic E-state index is 0.0994. The van der Waals surface area contributed by atoms with E-state index in [0.717, 1.165) is 44.6 Å². The number of benzene rings is 1. The molecule has 1 aliphatic rings. The first-order valence-electron chi connectivity index (χ1n) is 8.47. The molecule has 1 fully saturated rings. The fourth-order valence-electron chi connectivity index (χ4n) is 2.98. The van der Waals surface area contributed by atoms with E-state index in [9.17, 15) is 4.79 Å². The highest BCUT2D eigenvalue weighted by Crippen LogP contribution is 2.18. The van der Waals surface area contributed by atoms with Crippen molar-refractivity contribution in [1.29, 1.82) is 0 Å². The average Bonchev–Trinajstić information content (AvgIpc) is 3.15. The van der Waals surface area contributed by atoms with Crippen molar-refractivity contribution >= 4 is 23.3 Å². The van der Waals surface area contributed by atoms with Crippen molar-refractivity contribution in [2.24, 2.45) is 0 Å². The van der Waals surface area contributed by atoms with Crippen molar-refractivity contribution in [3.05, 3.63) is 64.4 Å². The lowest BCUT2D eigenvalue weighted by molar-refractivity contribution is -0.130. The molecule has 126 valence electrons. The summed E-state index contributed by atoms with van der Waals surface area (Å²) in [4.78, 5) is 16.1. The zero-order valence-electron chi connectivity index (χ0n) is 13.8. The summed E-state index contributed by atoms with van der Waals surface area (Å²) in [7, 11) is 0. The Kier molecular flexibility index (Phi) is 6.21. The van der Waals surface area contributed by atoms with Crippen LogP contribution in [-0.2, 0) is 16.0 Å². The van der Waals surface area contributed by atoms with Crippen LogP contribution in [0.5, 0.6) is 0 Å². The Balaban J connectivity index is 1.67. The highest BCUT2D eigenvalue weighted by atomic mass is 32.1. The molecule has 3 rings (SSSR count). The van der Waals surface area contributed by atoms with E-state index in [1.807, 2.05) is 41.3 Å². The maximum Gasteiger partial charge on any atom is 0.246 e. The number of nitrogens with zero attached hydrogens (tertiary/aromatic N) is 1. The van der Waals surface area contributed by atoms with Gasteiger partial charge in [0.15, 0.2) is 0 Å². The fourth-order valence-corrected chi connectivity index (χ4v) is 3.68. The molecular formula is C20H23NO2S. The third-order valence-electron chi connectivity index (χ3n) is 4.31. The summed E-state index contributed by atoms with van der Waals surface area (Å²) >= 11 is 1.75. The second kappa shape index (κ2) is 8.81. The Hall–Kier alpha value is -1.91.